The Morgan fingerprint density at radius 1 is 1.40 bits per heavy atom. The first-order valence-electron chi connectivity index (χ1n) is 5.07. The number of rotatable bonds is 3. The highest BCUT2D eigenvalue weighted by Crippen LogP contribution is 2.27. The zero-order chi connectivity index (χ0) is 10.7. The van der Waals surface area contributed by atoms with Crippen molar-refractivity contribution in [1.82, 2.24) is 5.32 Å². The van der Waals surface area contributed by atoms with Crippen LogP contribution in [0.4, 0.5) is 4.39 Å². The molecule has 0 radical (unpaired) electrons. The average molecular weight is 207 g/mol. The maximum absolute atomic E-state index is 13.6. The molecule has 1 N–H and O–H groups in total. The van der Waals surface area contributed by atoms with Crippen LogP contribution >= 0.6 is 0 Å². The molecule has 0 saturated carbocycles. The van der Waals surface area contributed by atoms with Crippen molar-refractivity contribution in [2.75, 3.05) is 13.7 Å². The first-order valence-corrected chi connectivity index (χ1v) is 5.07. The third-order valence-corrected chi connectivity index (χ3v) is 2.52. The highest BCUT2D eigenvalue weighted by Gasteiger charge is 2.21. The van der Waals surface area contributed by atoms with Gasteiger partial charge in [-0.3, -0.25) is 0 Å². The van der Waals surface area contributed by atoms with Crippen molar-refractivity contribution in [3.05, 3.63) is 47.5 Å². The van der Waals surface area contributed by atoms with Gasteiger partial charge in [0.2, 0.25) is 0 Å². The Hall–Kier alpha value is -1.35. The summed E-state index contributed by atoms with van der Waals surface area (Å²) < 4.78 is 19.0. The lowest BCUT2D eigenvalue weighted by Gasteiger charge is -2.18. The second kappa shape index (κ2) is 4.45. The molecule has 0 bridgehead atoms. The molecule has 1 atom stereocenters. The first-order chi connectivity index (χ1) is 7.33. The van der Waals surface area contributed by atoms with Crippen LogP contribution in [0.1, 0.15) is 18.0 Å². The largest absolute Gasteiger partial charge is 0.496 e. The molecule has 1 aromatic carbocycles. The molecule has 80 valence electrons. The topological polar surface area (TPSA) is 21.3 Å². The Labute approximate surface area is 88.8 Å². The molecule has 1 aliphatic heterocycles. The van der Waals surface area contributed by atoms with Crippen LogP contribution in [0.5, 0.6) is 0 Å². The number of halogens is 1. The molecule has 2 rings (SSSR count). The normalized spacial score (nSPS) is 17.1. The van der Waals surface area contributed by atoms with Crippen LogP contribution in [-0.2, 0) is 4.74 Å². The third kappa shape index (κ3) is 2.02. The number of hydrogen-bond acceptors (Lipinski definition) is 2. The van der Waals surface area contributed by atoms with Gasteiger partial charge in [-0.15, -0.1) is 0 Å². The highest BCUT2D eigenvalue weighted by atomic mass is 19.1. The van der Waals surface area contributed by atoms with E-state index in [-0.39, 0.29) is 11.9 Å². The number of hydrogen-bond donors (Lipinski definition) is 1. The molecule has 1 aliphatic rings. The van der Waals surface area contributed by atoms with E-state index in [0.717, 1.165) is 12.2 Å². The van der Waals surface area contributed by atoms with Crippen LogP contribution in [-0.4, -0.2) is 13.7 Å². The van der Waals surface area contributed by atoms with Gasteiger partial charge in [-0.05, 0) is 19.2 Å². The van der Waals surface area contributed by atoms with E-state index in [0.29, 0.717) is 12.2 Å². The summed E-state index contributed by atoms with van der Waals surface area (Å²) in [7, 11) is 1.81. The van der Waals surface area contributed by atoms with E-state index in [1.807, 2.05) is 12.1 Å². The second-order valence-corrected chi connectivity index (χ2v) is 3.49. The molecule has 0 amide bonds. The van der Waals surface area contributed by atoms with Crippen molar-refractivity contribution in [2.45, 2.75) is 12.5 Å². The summed E-state index contributed by atoms with van der Waals surface area (Å²) >= 11 is 0. The highest BCUT2D eigenvalue weighted by molar-refractivity contribution is 5.28. The summed E-state index contributed by atoms with van der Waals surface area (Å²) in [5.74, 6) is 0.621. The van der Waals surface area contributed by atoms with E-state index < -0.39 is 0 Å². The second-order valence-electron chi connectivity index (χ2n) is 3.49. The minimum absolute atomic E-state index is 0.173. The van der Waals surface area contributed by atoms with Gasteiger partial charge < -0.3 is 10.1 Å². The van der Waals surface area contributed by atoms with E-state index in [1.54, 1.807) is 19.2 Å². The number of nitrogens with one attached hydrogen (secondary N) is 1. The molecular formula is C12H14FNO. The van der Waals surface area contributed by atoms with Crippen LogP contribution in [0.3, 0.4) is 0 Å². The fourth-order valence-corrected chi connectivity index (χ4v) is 1.80. The minimum atomic E-state index is -0.201. The zero-order valence-corrected chi connectivity index (χ0v) is 8.66. The summed E-state index contributed by atoms with van der Waals surface area (Å²) in [5.41, 5.74) is 0.633. The summed E-state index contributed by atoms with van der Waals surface area (Å²) in [6, 6.07) is 6.59. The molecule has 1 aromatic rings. The maximum Gasteiger partial charge on any atom is 0.128 e. The third-order valence-electron chi connectivity index (χ3n) is 2.52. The van der Waals surface area contributed by atoms with Crippen molar-refractivity contribution in [3.63, 3.8) is 0 Å². The van der Waals surface area contributed by atoms with E-state index >= 15 is 0 Å². The first kappa shape index (κ1) is 10.2. The Bertz CT molecular complexity index is 376. The molecular weight excluding hydrogens is 193 g/mol. The standard InChI is InChI=1S/C12H14FNO/c1-14-12(11-7-4-8-15-11)9-5-2-3-6-10(9)13/h2-3,5-7,12,14H,4,8H2,1H3. The van der Waals surface area contributed by atoms with E-state index in [2.05, 4.69) is 5.32 Å². The Balaban J connectivity index is 2.30. The molecule has 3 heteroatoms. The van der Waals surface area contributed by atoms with E-state index in [4.69, 9.17) is 4.74 Å². The summed E-state index contributed by atoms with van der Waals surface area (Å²) in [4.78, 5) is 0. The van der Waals surface area contributed by atoms with Gasteiger partial charge in [0.05, 0.1) is 12.6 Å². The Kier molecular flexibility index (Phi) is 3.02. The van der Waals surface area contributed by atoms with E-state index in [9.17, 15) is 4.39 Å². The molecule has 1 heterocycles. The van der Waals surface area contributed by atoms with Gasteiger partial charge in [-0.25, -0.2) is 4.39 Å². The molecule has 0 aliphatic carbocycles. The predicted octanol–water partition coefficient (Wildman–Crippen LogP) is 2.39. The monoisotopic (exact) mass is 207 g/mol. The van der Waals surface area contributed by atoms with Gasteiger partial charge in [0.1, 0.15) is 11.6 Å². The van der Waals surface area contributed by atoms with Crippen LogP contribution < -0.4 is 5.32 Å². The van der Waals surface area contributed by atoms with Crippen molar-refractivity contribution < 1.29 is 9.13 Å². The number of benzene rings is 1. The smallest absolute Gasteiger partial charge is 0.128 e. The summed E-state index contributed by atoms with van der Waals surface area (Å²) in [6.45, 7) is 0.696. The fraction of sp³-hybridized carbons (Fsp3) is 0.333. The van der Waals surface area contributed by atoms with E-state index in [1.165, 1.54) is 6.07 Å². The van der Waals surface area contributed by atoms with Gasteiger partial charge in [0.15, 0.2) is 0 Å². The molecule has 2 nitrogen and oxygen atoms in total. The van der Waals surface area contributed by atoms with Crippen LogP contribution in [0.15, 0.2) is 36.1 Å². The van der Waals surface area contributed by atoms with Crippen LogP contribution in [0.2, 0.25) is 0 Å². The summed E-state index contributed by atoms with van der Waals surface area (Å²) in [6.07, 6.45) is 2.91. The van der Waals surface area contributed by atoms with Crippen molar-refractivity contribution >= 4 is 0 Å². The average Bonchev–Trinajstić information content (AvgIpc) is 2.75. The molecule has 0 aromatic heterocycles. The minimum Gasteiger partial charge on any atom is -0.496 e. The van der Waals surface area contributed by atoms with Gasteiger partial charge in [-0.1, -0.05) is 18.2 Å². The SMILES string of the molecule is CNC(C1=CCCO1)c1ccccc1F. The zero-order valence-electron chi connectivity index (χ0n) is 8.66. The van der Waals surface area contributed by atoms with Gasteiger partial charge in [-0.2, -0.15) is 0 Å². The lowest BCUT2D eigenvalue weighted by molar-refractivity contribution is 0.217. The maximum atomic E-state index is 13.6. The predicted molar refractivity (Wildman–Crippen MR) is 56.9 cm³/mol. The Morgan fingerprint density at radius 3 is 2.80 bits per heavy atom. The summed E-state index contributed by atoms with van der Waals surface area (Å²) in [5, 5.41) is 3.07. The molecule has 0 fully saturated rings. The van der Waals surface area contributed by atoms with Crippen molar-refractivity contribution in [2.24, 2.45) is 0 Å². The quantitative estimate of drug-likeness (QED) is 0.821. The number of likely N-dealkylation sites (N-methyl/N-ethyl adjacent to an activating group) is 1. The lowest BCUT2D eigenvalue weighted by atomic mass is 10.0. The molecule has 1 unspecified atom stereocenters. The van der Waals surface area contributed by atoms with Gasteiger partial charge in [0, 0.05) is 12.0 Å². The molecule has 0 saturated heterocycles. The van der Waals surface area contributed by atoms with Gasteiger partial charge in [0.25, 0.3) is 0 Å². The number of ether oxygens (including phenoxy) is 1. The molecule has 15 heavy (non-hydrogen) atoms. The lowest BCUT2D eigenvalue weighted by Crippen LogP contribution is -2.20. The Morgan fingerprint density at radius 2 is 2.20 bits per heavy atom. The van der Waals surface area contributed by atoms with Crippen LogP contribution in [0, 0.1) is 5.82 Å². The van der Waals surface area contributed by atoms with Crippen molar-refractivity contribution in [1.29, 1.82) is 0 Å². The molecule has 0 spiro atoms. The fourth-order valence-electron chi connectivity index (χ4n) is 1.80. The van der Waals surface area contributed by atoms with Crippen molar-refractivity contribution in [3.8, 4) is 0 Å². The van der Waals surface area contributed by atoms with Crippen LogP contribution in [0.25, 0.3) is 0 Å². The van der Waals surface area contributed by atoms with Gasteiger partial charge >= 0.3 is 0 Å².